The Morgan fingerprint density at radius 2 is 2.08 bits per heavy atom. The lowest BCUT2D eigenvalue weighted by Crippen LogP contribution is -2.33. The summed E-state index contributed by atoms with van der Waals surface area (Å²) in [5.74, 6) is -0.442. The number of hydrogen-bond acceptors (Lipinski definition) is 3. The molecule has 1 aliphatic heterocycles. The van der Waals surface area contributed by atoms with E-state index in [1.165, 1.54) is 11.0 Å². The third-order valence-electron chi connectivity index (χ3n) is 1.69. The molecule has 1 N–H and O–H groups in total. The van der Waals surface area contributed by atoms with Crippen molar-refractivity contribution < 1.29 is 9.59 Å². The molecule has 0 aliphatic carbocycles. The fourth-order valence-corrected chi connectivity index (χ4v) is 1.13. The summed E-state index contributed by atoms with van der Waals surface area (Å²) in [6.45, 7) is 4.75. The Balaban J connectivity index is 2.74. The maximum Gasteiger partial charge on any atom is 0.276 e. The number of amides is 2. The number of nitrogens with zero attached hydrogens (tertiary/aromatic N) is 1. The second-order valence-corrected chi connectivity index (χ2v) is 2.48. The molecule has 0 aromatic rings. The highest BCUT2D eigenvalue weighted by atomic mass is 16.2. The maximum atomic E-state index is 11.3. The molecule has 1 rings (SSSR count). The van der Waals surface area contributed by atoms with E-state index in [-0.39, 0.29) is 11.8 Å². The highest BCUT2D eigenvalue weighted by Crippen LogP contribution is 2.08. The third kappa shape index (κ3) is 1.32. The lowest BCUT2D eigenvalue weighted by molar-refractivity contribution is -0.137. The van der Waals surface area contributed by atoms with Crippen molar-refractivity contribution in [3.05, 3.63) is 11.8 Å². The highest BCUT2D eigenvalue weighted by Gasteiger charge is 2.28. The first-order chi connectivity index (χ1) is 5.70. The lowest BCUT2D eigenvalue weighted by atomic mass is 10.4. The molecule has 2 amide bonds. The highest BCUT2D eigenvalue weighted by molar-refractivity contribution is 6.15. The zero-order valence-corrected chi connectivity index (χ0v) is 7.26. The Morgan fingerprint density at radius 3 is 2.50 bits per heavy atom. The Labute approximate surface area is 71.2 Å². The number of carbonyl (C=O) groups is 2. The monoisotopic (exact) mass is 168 g/mol. The minimum Gasteiger partial charge on any atom is -0.381 e. The Morgan fingerprint density at radius 1 is 1.42 bits per heavy atom. The van der Waals surface area contributed by atoms with E-state index in [4.69, 9.17) is 0 Å². The third-order valence-corrected chi connectivity index (χ3v) is 1.69. The van der Waals surface area contributed by atoms with Gasteiger partial charge >= 0.3 is 0 Å². The van der Waals surface area contributed by atoms with Gasteiger partial charge in [-0.1, -0.05) is 0 Å². The smallest absolute Gasteiger partial charge is 0.276 e. The second-order valence-electron chi connectivity index (χ2n) is 2.48. The van der Waals surface area contributed by atoms with Crippen LogP contribution in [0.3, 0.4) is 0 Å². The number of hydrogen-bond donors (Lipinski definition) is 1. The van der Waals surface area contributed by atoms with Crippen molar-refractivity contribution in [3.63, 3.8) is 0 Å². The molecule has 66 valence electrons. The van der Waals surface area contributed by atoms with E-state index >= 15 is 0 Å². The van der Waals surface area contributed by atoms with E-state index in [9.17, 15) is 9.59 Å². The van der Waals surface area contributed by atoms with Crippen LogP contribution in [0.4, 0.5) is 0 Å². The van der Waals surface area contributed by atoms with Gasteiger partial charge < -0.3 is 5.32 Å². The second kappa shape index (κ2) is 3.38. The number of likely N-dealkylation sites (N-methyl/N-ethyl adjacent to an activating group) is 2. The van der Waals surface area contributed by atoms with Crippen LogP contribution in [0.2, 0.25) is 0 Å². The molecule has 0 unspecified atom stereocenters. The lowest BCUT2D eigenvalue weighted by Gasteiger charge is -2.11. The van der Waals surface area contributed by atoms with Gasteiger partial charge in [0.1, 0.15) is 5.70 Å². The molecule has 0 bridgehead atoms. The van der Waals surface area contributed by atoms with Crippen LogP contribution in [-0.2, 0) is 9.59 Å². The Bertz CT molecular complexity index is 245. The van der Waals surface area contributed by atoms with Gasteiger partial charge in [0.2, 0.25) is 0 Å². The van der Waals surface area contributed by atoms with Gasteiger partial charge in [0.05, 0.1) is 0 Å². The van der Waals surface area contributed by atoms with Crippen LogP contribution in [0, 0.1) is 0 Å². The van der Waals surface area contributed by atoms with E-state index in [0.717, 1.165) is 0 Å². The minimum absolute atomic E-state index is 0.218. The van der Waals surface area contributed by atoms with Crippen molar-refractivity contribution in [1.29, 1.82) is 0 Å². The average molecular weight is 168 g/mol. The summed E-state index contributed by atoms with van der Waals surface area (Å²) < 4.78 is 0. The molecular weight excluding hydrogens is 156 g/mol. The average Bonchev–Trinajstić information content (AvgIpc) is 2.29. The van der Waals surface area contributed by atoms with Gasteiger partial charge in [-0.15, -0.1) is 0 Å². The van der Waals surface area contributed by atoms with Crippen LogP contribution in [0.1, 0.15) is 13.8 Å². The topological polar surface area (TPSA) is 49.4 Å². The van der Waals surface area contributed by atoms with E-state index in [1.807, 2.05) is 6.92 Å². The van der Waals surface area contributed by atoms with Gasteiger partial charge in [-0.25, -0.2) is 0 Å². The largest absolute Gasteiger partial charge is 0.381 e. The van der Waals surface area contributed by atoms with Crippen molar-refractivity contribution in [2.75, 3.05) is 13.1 Å². The van der Waals surface area contributed by atoms with Crippen molar-refractivity contribution in [2.45, 2.75) is 13.8 Å². The molecule has 4 nitrogen and oxygen atoms in total. The molecule has 0 fully saturated rings. The number of carbonyl (C=O) groups excluding carboxylic acids is 2. The Hall–Kier alpha value is -1.32. The molecule has 0 aromatic carbocycles. The van der Waals surface area contributed by atoms with E-state index in [1.54, 1.807) is 6.92 Å². The zero-order valence-electron chi connectivity index (χ0n) is 7.26. The van der Waals surface area contributed by atoms with Gasteiger partial charge in [0, 0.05) is 19.2 Å². The first-order valence-corrected chi connectivity index (χ1v) is 4.02. The van der Waals surface area contributed by atoms with Gasteiger partial charge in [-0.3, -0.25) is 14.5 Å². The van der Waals surface area contributed by atoms with Crippen molar-refractivity contribution >= 4 is 11.8 Å². The molecule has 0 saturated carbocycles. The molecule has 12 heavy (non-hydrogen) atoms. The molecule has 0 atom stereocenters. The zero-order chi connectivity index (χ0) is 9.14. The molecule has 1 heterocycles. The van der Waals surface area contributed by atoms with E-state index in [0.29, 0.717) is 18.8 Å². The van der Waals surface area contributed by atoms with Crippen molar-refractivity contribution in [1.82, 2.24) is 10.2 Å². The van der Waals surface area contributed by atoms with Crippen LogP contribution in [0.15, 0.2) is 11.8 Å². The molecule has 0 aromatic heterocycles. The van der Waals surface area contributed by atoms with Crippen LogP contribution in [0.5, 0.6) is 0 Å². The van der Waals surface area contributed by atoms with Gasteiger partial charge in [-0.05, 0) is 13.8 Å². The Kier molecular flexibility index (Phi) is 2.47. The summed E-state index contributed by atoms with van der Waals surface area (Å²) in [4.78, 5) is 23.6. The summed E-state index contributed by atoms with van der Waals surface area (Å²) >= 11 is 0. The van der Waals surface area contributed by atoms with Crippen molar-refractivity contribution in [3.8, 4) is 0 Å². The van der Waals surface area contributed by atoms with Gasteiger partial charge in [-0.2, -0.15) is 0 Å². The predicted molar refractivity (Wildman–Crippen MR) is 44.2 cm³/mol. The van der Waals surface area contributed by atoms with Crippen LogP contribution in [0.25, 0.3) is 0 Å². The number of rotatable bonds is 3. The minimum atomic E-state index is -0.224. The summed E-state index contributed by atoms with van der Waals surface area (Å²) in [5.41, 5.74) is 0.407. The molecule has 4 heteroatoms. The summed E-state index contributed by atoms with van der Waals surface area (Å²) in [6, 6.07) is 0. The van der Waals surface area contributed by atoms with Crippen molar-refractivity contribution in [2.24, 2.45) is 0 Å². The van der Waals surface area contributed by atoms with E-state index in [2.05, 4.69) is 5.32 Å². The fourth-order valence-electron chi connectivity index (χ4n) is 1.13. The number of imide groups is 1. The SMILES string of the molecule is CCNC1=CC(=O)N(CC)C1=O. The predicted octanol–water partition coefficient (Wildman–Crippen LogP) is -0.131. The maximum absolute atomic E-state index is 11.3. The van der Waals surface area contributed by atoms with Crippen LogP contribution in [-0.4, -0.2) is 29.8 Å². The van der Waals surface area contributed by atoms with E-state index < -0.39 is 0 Å². The fraction of sp³-hybridized carbons (Fsp3) is 0.500. The molecule has 0 saturated heterocycles. The standard InChI is InChI=1S/C8H12N2O2/c1-3-9-6-5-7(11)10(4-2)8(6)12/h5,9H,3-4H2,1-2H3. The summed E-state index contributed by atoms with van der Waals surface area (Å²) in [6.07, 6.45) is 1.34. The molecule has 0 radical (unpaired) electrons. The summed E-state index contributed by atoms with van der Waals surface area (Å²) in [7, 11) is 0. The first kappa shape index (κ1) is 8.77. The van der Waals surface area contributed by atoms with Gasteiger partial charge in [0.25, 0.3) is 11.8 Å². The summed E-state index contributed by atoms with van der Waals surface area (Å²) in [5, 5.41) is 2.84. The van der Waals surface area contributed by atoms with Crippen LogP contribution < -0.4 is 5.32 Å². The van der Waals surface area contributed by atoms with Crippen LogP contribution >= 0.6 is 0 Å². The number of nitrogens with one attached hydrogen (secondary N) is 1. The van der Waals surface area contributed by atoms with Gasteiger partial charge in [0.15, 0.2) is 0 Å². The quantitative estimate of drug-likeness (QED) is 0.597. The molecule has 1 aliphatic rings. The first-order valence-electron chi connectivity index (χ1n) is 4.02. The molecular formula is C8H12N2O2. The normalized spacial score (nSPS) is 16.8. The molecule has 0 spiro atoms.